The van der Waals surface area contributed by atoms with Crippen LogP contribution >= 0.6 is 0 Å². The molecule has 3 rings (SSSR count). The molecule has 23 heavy (non-hydrogen) atoms. The third-order valence-electron chi connectivity index (χ3n) is 4.13. The predicted octanol–water partition coefficient (Wildman–Crippen LogP) is 1.95. The summed E-state index contributed by atoms with van der Waals surface area (Å²) in [4.78, 5) is 14.1. The van der Waals surface area contributed by atoms with Crippen LogP contribution in [0.2, 0.25) is 0 Å². The van der Waals surface area contributed by atoms with Crippen LogP contribution in [-0.2, 0) is 10.0 Å². The Balaban J connectivity index is 1.66. The van der Waals surface area contributed by atoms with E-state index in [0.29, 0.717) is 19.0 Å². The van der Waals surface area contributed by atoms with Gasteiger partial charge in [-0.05, 0) is 36.5 Å². The Hall–Kier alpha value is -2.12. The van der Waals surface area contributed by atoms with E-state index < -0.39 is 10.0 Å². The van der Waals surface area contributed by atoms with Crippen LogP contribution in [0.4, 0.5) is 0 Å². The molecule has 122 valence electrons. The largest absolute Gasteiger partial charge is 0.438 e. The summed E-state index contributed by atoms with van der Waals surface area (Å²) in [5.41, 5.74) is 1.29. The van der Waals surface area contributed by atoms with Gasteiger partial charge in [0.1, 0.15) is 0 Å². The van der Waals surface area contributed by atoms with Crippen LogP contribution in [0.25, 0.3) is 0 Å². The number of nitrogens with zero attached hydrogens (tertiary/aromatic N) is 1. The number of primary sulfonamides is 1. The molecule has 1 aromatic heterocycles. The molecule has 0 radical (unpaired) electrons. The minimum Gasteiger partial charge on any atom is -0.438 e. The highest BCUT2D eigenvalue weighted by Crippen LogP contribution is 2.28. The second-order valence-electron chi connectivity index (χ2n) is 5.64. The van der Waals surface area contributed by atoms with E-state index in [1.54, 1.807) is 4.90 Å². The Kier molecular flexibility index (Phi) is 4.23. The van der Waals surface area contributed by atoms with Crippen LogP contribution in [0.5, 0.6) is 0 Å². The lowest BCUT2D eigenvalue weighted by atomic mass is 9.89. The summed E-state index contributed by atoms with van der Waals surface area (Å²) < 4.78 is 27.5. The quantitative estimate of drug-likeness (QED) is 0.928. The lowest BCUT2D eigenvalue weighted by Crippen LogP contribution is -2.37. The Morgan fingerprint density at radius 2 is 1.74 bits per heavy atom. The van der Waals surface area contributed by atoms with Gasteiger partial charge in [-0.25, -0.2) is 13.6 Å². The van der Waals surface area contributed by atoms with E-state index in [-0.39, 0.29) is 16.8 Å². The number of carbonyl (C=O) groups is 1. The summed E-state index contributed by atoms with van der Waals surface area (Å²) in [7, 11) is -3.93. The molecule has 6 nitrogen and oxygen atoms in total. The molecule has 0 atom stereocenters. The number of piperidine rings is 1. The molecule has 0 bridgehead atoms. The molecule has 0 unspecified atom stereocenters. The van der Waals surface area contributed by atoms with E-state index in [4.69, 9.17) is 9.56 Å². The number of nitrogens with two attached hydrogens (primary N) is 1. The van der Waals surface area contributed by atoms with Crippen LogP contribution in [0, 0.1) is 0 Å². The van der Waals surface area contributed by atoms with Gasteiger partial charge >= 0.3 is 0 Å². The van der Waals surface area contributed by atoms with Gasteiger partial charge in [0.05, 0.1) is 0 Å². The van der Waals surface area contributed by atoms with Gasteiger partial charge in [-0.15, -0.1) is 0 Å². The van der Waals surface area contributed by atoms with Crippen molar-refractivity contribution in [2.24, 2.45) is 5.14 Å². The molecule has 0 saturated carbocycles. The van der Waals surface area contributed by atoms with E-state index in [0.717, 1.165) is 12.8 Å². The average Bonchev–Trinajstić information content (AvgIpc) is 3.05. The second-order valence-corrected chi connectivity index (χ2v) is 7.13. The van der Waals surface area contributed by atoms with E-state index in [2.05, 4.69) is 12.1 Å². The van der Waals surface area contributed by atoms with Crippen LogP contribution < -0.4 is 5.14 Å². The molecule has 0 aliphatic carbocycles. The normalized spacial score (nSPS) is 16.5. The van der Waals surface area contributed by atoms with Gasteiger partial charge in [-0.3, -0.25) is 4.79 Å². The Morgan fingerprint density at radius 3 is 2.30 bits per heavy atom. The van der Waals surface area contributed by atoms with Crippen LogP contribution in [0.3, 0.4) is 0 Å². The topological polar surface area (TPSA) is 93.6 Å². The smallest absolute Gasteiger partial charge is 0.289 e. The first-order valence-electron chi connectivity index (χ1n) is 7.42. The molecule has 1 saturated heterocycles. The van der Waals surface area contributed by atoms with Gasteiger partial charge in [-0.1, -0.05) is 30.3 Å². The van der Waals surface area contributed by atoms with Crippen molar-refractivity contribution in [3.05, 3.63) is 53.8 Å². The highest BCUT2D eigenvalue weighted by atomic mass is 32.2. The van der Waals surface area contributed by atoms with E-state index in [1.165, 1.54) is 17.7 Å². The maximum Gasteiger partial charge on any atom is 0.289 e. The van der Waals surface area contributed by atoms with Gasteiger partial charge in [-0.2, -0.15) is 0 Å². The number of hydrogen-bond acceptors (Lipinski definition) is 4. The number of amides is 1. The molecule has 1 fully saturated rings. The first kappa shape index (κ1) is 15.8. The second kappa shape index (κ2) is 6.17. The van der Waals surface area contributed by atoms with Crippen molar-refractivity contribution in [3.63, 3.8) is 0 Å². The maximum absolute atomic E-state index is 12.4. The lowest BCUT2D eigenvalue weighted by molar-refractivity contribution is 0.0675. The minimum absolute atomic E-state index is 0.00665. The van der Waals surface area contributed by atoms with Crippen molar-refractivity contribution in [1.82, 2.24) is 4.90 Å². The third kappa shape index (κ3) is 3.46. The van der Waals surface area contributed by atoms with Crippen molar-refractivity contribution in [2.75, 3.05) is 13.1 Å². The fourth-order valence-electron chi connectivity index (χ4n) is 2.88. The van der Waals surface area contributed by atoms with E-state index in [9.17, 15) is 13.2 Å². The van der Waals surface area contributed by atoms with Crippen molar-refractivity contribution >= 4 is 15.9 Å². The molecule has 1 aliphatic heterocycles. The summed E-state index contributed by atoms with van der Waals surface area (Å²) in [6.45, 7) is 1.23. The van der Waals surface area contributed by atoms with E-state index >= 15 is 0 Å². The molecule has 1 amide bonds. The molecule has 0 spiro atoms. The molecular weight excluding hydrogens is 316 g/mol. The van der Waals surface area contributed by atoms with Crippen LogP contribution in [0.15, 0.2) is 52.0 Å². The standard InChI is InChI=1S/C16H18N2O4S/c17-23(20,21)15-7-6-14(22-15)16(19)18-10-8-13(9-11-18)12-4-2-1-3-5-12/h1-7,13H,8-11H2,(H2,17,20,21). The highest BCUT2D eigenvalue weighted by molar-refractivity contribution is 7.89. The van der Waals surface area contributed by atoms with Crippen molar-refractivity contribution < 1.29 is 17.6 Å². The average molecular weight is 334 g/mol. The molecule has 1 aliphatic rings. The number of likely N-dealkylation sites (tertiary alicyclic amines) is 1. The SMILES string of the molecule is NS(=O)(=O)c1ccc(C(=O)N2CCC(c3ccccc3)CC2)o1. The zero-order valence-corrected chi connectivity index (χ0v) is 13.3. The monoisotopic (exact) mass is 334 g/mol. The first-order chi connectivity index (χ1) is 10.9. The van der Waals surface area contributed by atoms with Gasteiger partial charge in [0, 0.05) is 13.1 Å². The fraction of sp³-hybridized carbons (Fsp3) is 0.312. The van der Waals surface area contributed by atoms with Crippen molar-refractivity contribution in [2.45, 2.75) is 23.9 Å². The number of benzene rings is 1. The molecule has 1 aromatic carbocycles. The summed E-state index contributed by atoms with van der Waals surface area (Å²) >= 11 is 0. The van der Waals surface area contributed by atoms with Crippen molar-refractivity contribution in [1.29, 1.82) is 0 Å². The van der Waals surface area contributed by atoms with Crippen LogP contribution in [-0.4, -0.2) is 32.3 Å². The summed E-state index contributed by atoms with van der Waals surface area (Å²) in [5, 5.41) is 4.60. The summed E-state index contributed by atoms with van der Waals surface area (Å²) in [6.07, 6.45) is 1.75. The zero-order valence-electron chi connectivity index (χ0n) is 12.5. The summed E-state index contributed by atoms with van der Waals surface area (Å²) in [5.74, 6) is 0.149. The predicted molar refractivity (Wildman–Crippen MR) is 84.4 cm³/mol. The van der Waals surface area contributed by atoms with Gasteiger partial charge in [0.25, 0.3) is 15.9 Å². The molecular formula is C16H18N2O4S. The number of carbonyl (C=O) groups excluding carboxylic acids is 1. The zero-order chi connectivity index (χ0) is 16.4. The number of furan rings is 1. The Bertz CT molecular complexity index is 790. The van der Waals surface area contributed by atoms with Crippen molar-refractivity contribution in [3.8, 4) is 0 Å². The number of sulfonamides is 1. The molecule has 2 N–H and O–H groups in total. The van der Waals surface area contributed by atoms with Gasteiger partial charge in [0.15, 0.2) is 5.76 Å². The fourth-order valence-corrected chi connectivity index (χ4v) is 3.35. The first-order valence-corrected chi connectivity index (χ1v) is 8.96. The highest BCUT2D eigenvalue weighted by Gasteiger charge is 2.27. The number of hydrogen-bond donors (Lipinski definition) is 1. The molecule has 2 aromatic rings. The van der Waals surface area contributed by atoms with Crippen LogP contribution in [0.1, 0.15) is 34.9 Å². The van der Waals surface area contributed by atoms with Gasteiger partial charge < -0.3 is 9.32 Å². The molecule has 7 heteroatoms. The molecule has 2 heterocycles. The van der Waals surface area contributed by atoms with Gasteiger partial charge in [0.2, 0.25) is 5.09 Å². The Labute approximate surface area is 134 Å². The summed E-state index contributed by atoms with van der Waals surface area (Å²) in [6, 6.07) is 12.8. The maximum atomic E-state index is 12.4. The Morgan fingerprint density at radius 1 is 1.09 bits per heavy atom. The van der Waals surface area contributed by atoms with E-state index in [1.807, 2.05) is 18.2 Å². The lowest BCUT2D eigenvalue weighted by Gasteiger charge is -2.31. The minimum atomic E-state index is -3.93. The third-order valence-corrected chi connectivity index (χ3v) is 4.91. The number of rotatable bonds is 3.